The van der Waals surface area contributed by atoms with E-state index in [-0.39, 0.29) is 46.6 Å². The van der Waals surface area contributed by atoms with Gasteiger partial charge in [0.05, 0.1) is 11.1 Å². The molecule has 0 radical (unpaired) electrons. The molecule has 0 atom stereocenters. The molecule has 0 fully saturated rings. The summed E-state index contributed by atoms with van der Waals surface area (Å²) >= 11 is 0. The van der Waals surface area contributed by atoms with Crippen LogP contribution in [0.15, 0.2) is 97.6 Å². The summed E-state index contributed by atoms with van der Waals surface area (Å²) in [6.45, 7) is 4.48. The van der Waals surface area contributed by atoms with Crippen LogP contribution in [0.4, 0.5) is 8.78 Å². The van der Waals surface area contributed by atoms with Crippen LogP contribution in [-0.2, 0) is 25.7 Å². The van der Waals surface area contributed by atoms with Gasteiger partial charge in [-0.05, 0) is 72.2 Å². The van der Waals surface area contributed by atoms with Crippen molar-refractivity contribution in [2.75, 3.05) is 0 Å². The summed E-state index contributed by atoms with van der Waals surface area (Å²) in [7, 11) is 0. The first kappa shape index (κ1) is 48.1. The predicted octanol–water partition coefficient (Wildman–Crippen LogP) is 15.0. The number of unbranched alkanes of at least 4 members (excludes halogenated alkanes) is 14. The Kier molecular flexibility index (Phi) is 19.1. The molecular weight excluding hydrogens is 811 g/mol. The fourth-order valence-corrected chi connectivity index (χ4v) is 8.16. The number of halogens is 2. The largest absolute Gasteiger partial charge is 0.457 e. The molecule has 0 amide bonds. The zero-order valence-electron chi connectivity index (χ0n) is 38.2. The number of hydrogen-bond acceptors (Lipinski definition) is 7. The number of hydrogen-bond donors (Lipinski definition) is 0. The highest BCUT2D eigenvalue weighted by molar-refractivity contribution is 5.58. The molecule has 0 spiro atoms. The number of benzene rings is 4. The van der Waals surface area contributed by atoms with Gasteiger partial charge in [0.1, 0.15) is 35.3 Å². The zero-order valence-corrected chi connectivity index (χ0v) is 38.2. The fourth-order valence-electron chi connectivity index (χ4n) is 8.16. The summed E-state index contributed by atoms with van der Waals surface area (Å²) in [5, 5.41) is 19.5. The van der Waals surface area contributed by atoms with Crippen LogP contribution in [0.3, 0.4) is 0 Å². The third-order valence-electron chi connectivity index (χ3n) is 12.1. The van der Waals surface area contributed by atoms with E-state index in [4.69, 9.17) is 4.74 Å². The molecule has 0 aliphatic carbocycles. The van der Waals surface area contributed by atoms with E-state index in [1.807, 2.05) is 85.5 Å². The molecule has 336 valence electrons. The SMILES string of the molecule is CCCCCCCCCCc1cnc(-c2ccc(Cc3c(Oc4ccc(C#N)c(F)c4Cc4ccc(-c5ncc(CCCCCCCCCC)cn5)cc4)ccc(C#N)c3F)cc2)nc1. The van der Waals surface area contributed by atoms with Gasteiger partial charge in [-0.15, -0.1) is 0 Å². The molecule has 0 bridgehead atoms. The van der Waals surface area contributed by atoms with Crippen LogP contribution >= 0.6 is 0 Å². The van der Waals surface area contributed by atoms with Crippen LogP contribution < -0.4 is 4.74 Å². The second-order valence-electron chi connectivity index (χ2n) is 17.2. The Morgan fingerprint density at radius 2 is 0.769 bits per heavy atom. The Balaban J connectivity index is 1.10. The number of aromatic nitrogens is 4. The van der Waals surface area contributed by atoms with Gasteiger partial charge in [-0.1, -0.05) is 152 Å². The molecule has 2 heterocycles. The molecule has 0 aliphatic heterocycles. The van der Waals surface area contributed by atoms with Gasteiger partial charge in [-0.25, -0.2) is 28.7 Å². The van der Waals surface area contributed by atoms with Crippen LogP contribution in [0.2, 0.25) is 0 Å². The number of ether oxygens (including phenoxy) is 1. The van der Waals surface area contributed by atoms with Gasteiger partial charge in [0.15, 0.2) is 11.6 Å². The highest BCUT2D eigenvalue weighted by Crippen LogP contribution is 2.36. The molecule has 2 aromatic heterocycles. The quantitative estimate of drug-likeness (QED) is 0.0499. The van der Waals surface area contributed by atoms with Gasteiger partial charge in [0, 0.05) is 59.9 Å². The Morgan fingerprint density at radius 3 is 1.11 bits per heavy atom. The number of aryl methyl sites for hydroxylation is 2. The predicted molar refractivity (Wildman–Crippen MR) is 255 cm³/mol. The van der Waals surface area contributed by atoms with Crippen LogP contribution in [0.1, 0.15) is 161 Å². The van der Waals surface area contributed by atoms with Crippen molar-refractivity contribution in [2.24, 2.45) is 0 Å². The van der Waals surface area contributed by atoms with Crippen molar-refractivity contribution in [2.45, 2.75) is 142 Å². The van der Waals surface area contributed by atoms with E-state index in [0.717, 1.165) is 59.1 Å². The lowest BCUT2D eigenvalue weighted by Crippen LogP contribution is -2.04. The molecule has 7 nitrogen and oxygen atoms in total. The lowest BCUT2D eigenvalue weighted by molar-refractivity contribution is 0.456. The first-order valence-corrected chi connectivity index (χ1v) is 23.8. The van der Waals surface area contributed by atoms with Gasteiger partial charge in [0.25, 0.3) is 0 Å². The van der Waals surface area contributed by atoms with Crippen LogP contribution in [-0.4, -0.2) is 19.9 Å². The average Bonchev–Trinajstić information content (AvgIpc) is 3.34. The van der Waals surface area contributed by atoms with Crippen molar-refractivity contribution < 1.29 is 13.5 Å². The second-order valence-corrected chi connectivity index (χ2v) is 17.2. The van der Waals surface area contributed by atoms with Gasteiger partial charge in [-0.3, -0.25) is 0 Å². The Bertz CT molecular complexity index is 2300. The minimum absolute atomic E-state index is 0.104. The van der Waals surface area contributed by atoms with Crippen molar-refractivity contribution >= 4 is 0 Å². The maximum absolute atomic E-state index is 16.0. The number of nitriles is 2. The minimum atomic E-state index is -0.709. The van der Waals surface area contributed by atoms with Gasteiger partial charge >= 0.3 is 0 Å². The maximum Gasteiger partial charge on any atom is 0.159 e. The van der Waals surface area contributed by atoms with Crippen LogP contribution in [0.25, 0.3) is 22.8 Å². The molecule has 6 rings (SSSR count). The summed E-state index contributed by atoms with van der Waals surface area (Å²) in [4.78, 5) is 18.5. The van der Waals surface area contributed by atoms with Crippen molar-refractivity contribution in [3.8, 4) is 46.4 Å². The third-order valence-corrected chi connectivity index (χ3v) is 12.1. The standard InChI is InChI=1S/C56H62F2N6O/c1-3-5-7-9-11-13-15-17-19-43-37-61-55(62-38-43)45-25-21-41(22-26-45)33-49-51(31-29-47(35-59)53(49)57)65-52-32-30-48(36-60)54(58)50(52)34-42-23-27-46(28-24-42)56-63-39-44(40-64-56)20-18-16-14-12-10-8-6-4-2/h21-32,37-40H,3-20,33-34H2,1-2H3. The van der Waals surface area contributed by atoms with E-state index in [1.54, 1.807) is 0 Å². The van der Waals surface area contributed by atoms with E-state index >= 15 is 8.78 Å². The first-order chi connectivity index (χ1) is 31.9. The molecule has 4 aromatic carbocycles. The monoisotopic (exact) mass is 872 g/mol. The molecule has 0 saturated carbocycles. The second kappa shape index (κ2) is 25.8. The zero-order chi connectivity index (χ0) is 45.6. The van der Waals surface area contributed by atoms with Gasteiger partial charge in [-0.2, -0.15) is 10.5 Å². The van der Waals surface area contributed by atoms with E-state index in [9.17, 15) is 10.5 Å². The van der Waals surface area contributed by atoms with Gasteiger partial charge < -0.3 is 4.74 Å². The fraction of sp³-hybridized carbons (Fsp3) is 0.393. The van der Waals surface area contributed by atoms with E-state index < -0.39 is 11.6 Å². The molecule has 9 heteroatoms. The van der Waals surface area contributed by atoms with E-state index in [0.29, 0.717) is 11.6 Å². The van der Waals surface area contributed by atoms with E-state index in [2.05, 4.69) is 33.8 Å². The summed E-state index contributed by atoms with van der Waals surface area (Å²) in [6, 6.07) is 24.7. The van der Waals surface area contributed by atoms with Crippen molar-refractivity contribution in [1.82, 2.24) is 19.9 Å². The summed E-state index contributed by atoms with van der Waals surface area (Å²) in [5.41, 5.74) is 5.50. The molecular formula is C56H62F2N6O. The number of nitrogens with zero attached hydrogens (tertiary/aromatic N) is 6. The van der Waals surface area contributed by atoms with Crippen molar-refractivity contribution in [1.29, 1.82) is 10.5 Å². The molecule has 65 heavy (non-hydrogen) atoms. The molecule has 0 N–H and O–H groups in total. The Labute approximate surface area is 385 Å². The normalized spacial score (nSPS) is 11.0. The molecule has 0 saturated heterocycles. The van der Waals surface area contributed by atoms with E-state index in [1.165, 1.54) is 114 Å². The topological polar surface area (TPSA) is 108 Å². The molecule has 6 aromatic rings. The van der Waals surface area contributed by atoms with Crippen LogP contribution in [0.5, 0.6) is 11.5 Å². The maximum atomic E-state index is 16.0. The Hall–Kier alpha value is -6.32. The minimum Gasteiger partial charge on any atom is -0.457 e. The summed E-state index contributed by atoms with van der Waals surface area (Å²) < 4.78 is 38.4. The van der Waals surface area contributed by atoms with Crippen molar-refractivity contribution in [3.63, 3.8) is 0 Å². The third kappa shape index (κ3) is 14.3. The lowest BCUT2D eigenvalue weighted by Gasteiger charge is -2.17. The summed E-state index contributed by atoms with van der Waals surface area (Å²) in [5.74, 6) is 0.0803. The molecule has 0 aliphatic rings. The smallest absolute Gasteiger partial charge is 0.159 e. The van der Waals surface area contributed by atoms with Crippen LogP contribution in [0, 0.1) is 34.3 Å². The van der Waals surface area contributed by atoms with Crippen molar-refractivity contribution in [3.05, 3.63) is 154 Å². The Morgan fingerprint density at radius 1 is 0.431 bits per heavy atom. The first-order valence-electron chi connectivity index (χ1n) is 23.8. The highest BCUT2D eigenvalue weighted by atomic mass is 19.1. The average molecular weight is 873 g/mol. The number of rotatable bonds is 26. The van der Waals surface area contributed by atoms with Gasteiger partial charge in [0.2, 0.25) is 0 Å². The molecule has 0 unspecified atom stereocenters. The highest BCUT2D eigenvalue weighted by Gasteiger charge is 2.21. The summed E-state index contributed by atoms with van der Waals surface area (Å²) in [6.07, 6.45) is 30.0. The lowest BCUT2D eigenvalue weighted by atomic mass is 9.98.